The van der Waals surface area contributed by atoms with Gasteiger partial charge in [-0.1, -0.05) is 23.8 Å². The molecule has 0 spiro atoms. The van der Waals surface area contributed by atoms with Crippen LogP contribution in [0.4, 0.5) is 0 Å². The van der Waals surface area contributed by atoms with Crippen molar-refractivity contribution in [3.63, 3.8) is 0 Å². The fourth-order valence-corrected chi connectivity index (χ4v) is 4.71. The Kier molecular flexibility index (Phi) is 5.79. The number of fused-ring (bicyclic) bond motifs is 3. The quantitative estimate of drug-likeness (QED) is 0.613. The normalized spacial score (nSPS) is 37.6. The van der Waals surface area contributed by atoms with E-state index in [2.05, 4.69) is 19.9 Å². The van der Waals surface area contributed by atoms with Gasteiger partial charge < -0.3 is 24.1 Å². The molecule has 4 rings (SSSR count). The lowest BCUT2D eigenvalue weighted by Gasteiger charge is -2.24. The summed E-state index contributed by atoms with van der Waals surface area (Å²) in [6, 6.07) is 7.88. The topological polar surface area (TPSA) is 60.5 Å². The van der Waals surface area contributed by atoms with Crippen molar-refractivity contribution in [2.75, 3.05) is 13.7 Å². The molecule has 6 atom stereocenters. The van der Waals surface area contributed by atoms with Gasteiger partial charge in [0.15, 0.2) is 6.29 Å². The second kappa shape index (κ2) is 8.15. The molecule has 0 saturated carbocycles. The number of methoxy groups -OCH3 is 1. The maximum Gasteiger partial charge on any atom is 0.160 e. The summed E-state index contributed by atoms with van der Waals surface area (Å²) in [5.74, 6) is 1.06. The fourth-order valence-electron chi connectivity index (χ4n) is 4.71. The molecule has 0 aromatic heterocycles. The molecule has 2 fully saturated rings. The number of hydrogen-bond donors (Lipinski definition) is 1. The number of hydrogen-bond acceptors (Lipinski definition) is 5. The van der Waals surface area contributed by atoms with Crippen LogP contribution in [0.1, 0.15) is 45.1 Å². The molecular weight excluding hydrogens is 356 g/mol. The number of rotatable bonds is 5. The molecule has 5 nitrogen and oxygen atoms in total. The van der Waals surface area contributed by atoms with Crippen LogP contribution in [0, 0.1) is 11.8 Å². The van der Waals surface area contributed by atoms with E-state index in [1.807, 2.05) is 24.3 Å². The molecule has 28 heavy (non-hydrogen) atoms. The zero-order valence-electron chi connectivity index (χ0n) is 17.1. The monoisotopic (exact) mass is 388 g/mol. The third-order valence-corrected chi connectivity index (χ3v) is 6.62. The van der Waals surface area contributed by atoms with E-state index in [9.17, 15) is 5.11 Å². The highest BCUT2D eigenvalue weighted by molar-refractivity contribution is 5.26. The van der Waals surface area contributed by atoms with Crippen LogP contribution in [0.25, 0.3) is 0 Å². The van der Waals surface area contributed by atoms with Crippen LogP contribution < -0.4 is 4.74 Å². The van der Waals surface area contributed by atoms with Gasteiger partial charge in [0, 0.05) is 5.92 Å². The molecule has 0 bridgehead atoms. The maximum absolute atomic E-state index is 10.6. The minimum atomic E-state index is -0.788. The Morgan fingerprint density at radius 3 is 2.79 bits per heavy atom. The van der Waals surface area contributed by atoms with Crippen LogP contribution in [-0.2, 0) is 20.8 Å². The Hall–Kier alpha value is -1.40. The average Bonchev–Trinajstić information content (AvgIpc) is 3.26. The second-order valence-corrected chi connectivity index (χ2v) is 8.66. The predicted octanol–water partition coefficient (Wildman–Crippen LogP) is 3.84. The zero-order chi connectivity index (χ0) is 19.7. The van der Waals surface area contributed by atoms with Crippen molar-refractivity contribution in [2.24, 2.45) is 11.8 Å². The minimum absolute atomic E-state index is 0.0241. The number of benzene rings is 1. The molecule has 1 aliphatic carbocycles. The molecule has 5 heteroatoms. The molecule has 1 aromatic rings. The second-order valence-electron chi connectivity index (χ2n) is 8.66. The summed E-state index contributed by atoms with van der Waals surface area (Å²) < 4.78 is 23.3. The number of aliphatic hydroxyl groups is 1. The zero-order valence-corrected chi connectivity index (χ0v) is 17.1. The molecule has 2 aliphatic heterocycles. The van der Waals surface area contributed by atoms with Crippen LogP contribution in [-0.4, -0.2) is 42.9 Å². The van der Waals surface area contributed by atoms with Crippen molar-refractivity contribution in [3.05, 3.63) is 41.5 Å². The van der Waals surface area contributed by atoms with E-state index in [0.29, 0.717) is 13.2 Å². The van der Waals surface area contributed by atoms with E-state index in [1.165, 1.54) is 5.57 Å². The van der Waals surface area contributed by atoms with Gasteiger partial charge in [-0.2, -0.15) is 0 Å². The van der Waals surface area contributed by atoms with Crippen molar-refractivity contribution in [1.82, 2.24) is 0 Å². The lowest BCUT2D eigenvalue weighted by molar-refractivity contribution is -0.122. The first-order chi connectivity index (χ1) is 13.5. The lowest BCUT2D eigenvalue weighted by atomic mass is 9.81. The van der Waals surface area contributed by atoms with Gasteiger partial charge in [-0.25, -0.2) is 0 Å². The van der Waals surface area contributed by atoms with E-state index in [0.717, 1.165) is 37.0 Å². The Bertz CT molecular complexity index is 699. The molecular formula is C23H32O5. The standard InChI is InChI=1S/C23H32O5/c1-15-5-4-12-23(2)21(28-23)20-18(11-6-15)19(22(24)27-20)14-26-13-16-7-9-17(25-3)10-8-16/h5,7-10,18-22,24H,4,6,11-14H2,1-3H3. The van der Waals surface area contributed by atoms with E-state index in [1.54, 1.807) is 7.11 Å². The van der Waals surface area contributed by atoms with Gasteiger partial charge in [-0.3, -0.25) is 0 Å². The highest BCUT2D eigenvalue weighted by atomic mass is 16.7. The van der Waals surface area contributed by atoms with Crippen LogP contribution in [0.3, 0.4) is 0 Å². The Morgan fingerprint density at radius 2 is 2.04 bits per heavy atom. The third-order valence-electron chi connectivity index (χ3n) is 6.62. The Labute approximate surface area is 167 Å². The summed E-state index contributed by atoms with van der Waals surface area (Å²) >= 11 is 0. The molecule has 3 aliphatic rings. The van der Waals surface area contributed by atoms with Crippen molar-refractivity contribution < 1.29 is 24.1 Å². The lowest BCUT2D eigenvalue weighted by Crippen LogP contribution is -2.31. The molecule has 2 heterocycles. The van der Waals surface area contributed by atoms with Crippen LogP contribution >= 0.6 is 0 Å². The van der Waals surface area contributed by atoms with Gasteiger partial charge in [0.2, 0.25) is 0 Å². The smallest absolute Gasteiger partial charge is 0.160 e. The average molecular weight is 389 g/mol. The summed E-state index contributed by atoms with van der Waals surface area (Å²) in [5, 5.41) is 10.6. The van der Waals surface area contributed by atoms with Crippen molar-refractivity contribution >= 4 is 0 Å². The van der Waals surface area contributed by atoms with Crippen LogP contribution in [0.5, 0.6) is 5.75 Å². The number of allylic oxidation sites excluding steroid dienone is 2. The van der Waals surface area contributed by atoms with E-state index in [-0.39, 0.29) is 29.6 Å². The first-order valence-electron chi connectivity index (χ1n) is 10.4. The van der Waals surface area contributed by atoms with Gasteiger partial charge in [0.05, 0.1) is 32.0 Å². The summed E-state index contributed by atoms with van der Waals surface area (Å²) in [5.41, 5.74) is 2.39. The predicted molar refractivity (Wildman–Crippen MR) is 106 cm³/mol. The van der Waals surface area contributed by atoms with Crippen molar-refractivity contribution in [2.45, 2.75) is 70.2 Å². The largest absolute Gasteiger partial charge is 0.497 e. The molecule has 1 aromatic carbocycles. The van der Waals surface area contributed by atoms with E-state index < -0.39 is 6.29 Å². The first-order valence-corrected chi connectivity index (χ1v) is 10.4. The van der Waals surface area contributed by atoms with E-state index >= 15 is 0 Å². The highest BCUT2D eigenvalue weighted by Crippen LogP contribution is 2.51. The van der Waals surface area contributed by atoms with Gasteiger partial charge >= 0.3 is 0 Å². The molecule has 0 radical (unpaired) electrons. The van der Waals surface area contributed by atoms with Gasteiger partial charge in [0.1, 0.15) is 11.9 Å². The van der Waals surface area contributed by atoms with Gasteiger partial charge in [0.25, 0.3) is 0 Å². The van der Waals surface area contributed by atoms with Crippen LogP contribution in [0.15, 0.2) is 35.9 Å². The highest BCUT2D eigenvalue weighted by Gasteiger charge is 2.61. The molecule has 0 amide bonds. The number of ether oxygens (including phenoxy) is 4. The van der Waals surface area contributed by atoms with Crippen molar-refractivity contribution in [3.8, 4) is 5.75 Å². The third kappa shape index (κ3) is 4.13. The Morgan fingerprint density at radius 1 is 1.25 bits per heavy atom. The summed E-state index contributed by atoms with van der Waals surface area (Å²) in [4.78, 5) is 0. The summed E-state index contributed by atoms with van der Waals surface area (Å²) in [6.07, 6.45) is 5.69. The molecule has 154 valence electrons. The Balaban J connectivity index is 1.40. The molecule has 2 saturated heterocycles. The number of aliphatic hydroxyl groups excluding tert-OH is 1. The molecule has 6 unspecified atom stereocenters. The number of epoxide rings is 1. The summed E-state index contributed by atoms with van der Waals surface area (Å²) in [6.45, 7) is 5.37. The van der Waals surface area contributed by atoms with Crippen molar-refractivity contribution in [1.29, 1.82) is 0 Å². The fraction of sp³-hybridized carbons (Fsp3) is 0.652. The molecule has 1 N–H and O–H groups in total. The maximum atomic E-state index is 10.6. The minimum Gasteiger partial charge on any atom is -0.497 e. The first kappa shape index (κ1) is 19.9. The van der Waals surface area contributed by atoms with E-state index in [4.69, 9.17) is 18.9 Å². The SMILES string of the molecule is COc1ccc(COCC2C(O)OC3C2CCC(C)=CCCC2(C)OC32)cc1. The summed E-state index contributed by atoms with van der Waals surface area (Å²) in [7, 11) is 1.66. The van der Waals surface area contributed by atoms with Gasteiger partial charge in [-0.15, -0.1) is 0 Å². The van der Waals surface area contributed by atoms with Gasteiger partial charge in [-0.05, 0) is 63.1 Å². The van der Waals surface area contributed by atoms with Crippen LogP contribution in [0.2, 0.25) is 0 Å².